The van der Waals surface area contributed by atoms with Crippen LogP contribution in [0.15, 0.2) is 10.3 Å². The van der Waals surface area contributed by atoms with E-state index in [9.17, 15) is 0 Å². The normalized spacial score (nSPS) is 11.8. The van der Waals surface area contributed by atoms with E-state index >= 15 is 0 Å². The van der Waals surface area contributed by atoms with Crippen LogP contribution in [0.4, 0.5) is 5.95 Å². The summed E-state index contributed by atoms with van der Waals surface area (Å²) in [7, 11) is 0. The number of hydrogen-bond acceptors (Lipinski definition) is 6. The lowest BCUT2D eigenvalue weighted by atomic mass is 10.7. The molecule has 0 amide bonds. The molecule has 12 heavy (non-hydrogen) atoms. The minimum absolute atomic E-state index is 0.114. The Morgan fingerprint density at radius 1 is 1.75 bits per heavy atom. The van der Waals surface area contributed by atoms with Crippen molar-refractivity contribution in [1.29, 1.82) is 0 Å². The largest absolute Gasteiger partial charge is 0.409 e. The second-order valence-corrected chi connectivity index (χ2v) is 2.83. The fraction of sp³-hybridized carbons (Fsp3) is 0.250. The summed E-state index contributed by atoms with van der Waals surface area (Å²) < 4.78 is 0. The SMILES string of the molecule is N/C(CSc1n[nH]c(N)n1)=N\O. The molecule has 6 N–H and O–H groups in total. The van der Waals surface area contributed by atoms with Gasteiger partial charge in [-0.1, -0.05) is 16.9 Å². The van der Waals surface area contributed by atoms with E-state index in [0.29, 0.717) is 10.9 Å². The molecular weight excluding hydrogens is 180 g/mol. The molecule has 0 saturated heterocycles. The molecule has 0 aliphatic rings. The van der Waals surface area contributed by atoms with Crippen molar-refractivity contribution in [3.63, 3.8) is 0 Å². The average Bonchev–Trinajstić information content (AvgIpc) is 2.47. The van der Waals surface area contributed by atoms with Crippen molar-refractivity contribution < 1.29 is 5.21 Å². The van der Waals surface area contributed by atoms with Crippen LogP contribution in [0.1, 0.15) is 0 Å². The average molecular weight is 188 g/mol. The van der Waals surface area contributed by atoms with Crippen molar-refractivity contribution in [3.05, 3.63) is 0 Å². The number of aromatic amines is 1. The topological polar surface area (TPSA) is 126 Å². The predicted octanol–water partition coefficient (Wildman–Crippen LogP) is -0.775. The summed E-state index contributed by atoms with van der Waals surface area (Å²) in [6.45, 7) is 0. The van der Waals surface area contributed by atoms with E-state index in [2.05, 4.69) is 20.3 Å². The van der Waals surface area contributed by atoms with Crippen molar-refractivity contribution in [1.82, 2.24) is 15.2 Å². The Morgan fingerprint density at radius 2 is 2.50 bits per heavy atom. The number of rotatable bonds is 3. The highest BCUT2D eigenvalue weighted by Crippen LogP contribution is 2.11. The minimum atomic E-state index is 0.114. The Balaban J connectivity index is 2.43. The lowest BCUT2D eigenvalue weighted by Crippen LogP contribution is -2.14. The number of hydrogen-bond donors (Lipinski definition) is 4. The molecule has 0 aliphatic carbocycles. The second kappa shape index (κ2) is 3.81. The third kappa shape index (κ3) is 2.31. The van der Waals surface area contributed by atoms with Gasteiger partial charge in [0.25, 0.3) is 0 Å². The molecule has 8 heteroatoms. The van der Waals surface area contributed by atoms with Gasteiger partial charge in [-0.3, -0.25) is 0 Å². The Morgan fingerprint density at radius 3 is 3.00 bits per heavy atom. The van der Waals surface area contributed by atoms with Crippen molar-refractivity contribution in [3.8, 4) is 0 Å². The van der Waals surface area contributed by atoms with Crippen molar-refractivity contribution in [2.24, 2.45) is 10.9 Å². The summed E-state index contributed by atoms with van der Waals surface area (Å²) in [6, 6.07) is 0. The van der Waals surface area contributed by atoms with Gasteiger partial charge in [-0.15, -0.1) is 5.10 Å². The molecule has 1 aromatic heterocycles. The number of anilines is 1. The van der Waals surface area contributed by atoms with Gasteiger partial charge in [-0.25, -0.2) is 5.10 Å². The zero-order chi connectivity index (χ0) is 8.97. The van der Waals surface area contributed by atoms with Crippen LogP contribution in [0, 0.1) is 0 Å². The second-order valence-electron chi connectivity index (χ2n) is 1.88. The number of nitrogens with two attached hydrogens (primary N) is 2. The van der Waals surface area contributed by atoms with Gasteiger partial charge >= 0.3 is 0 Å². The highest BCUT2D eigenvalue weighted by Gasteiger charge is 2.01. The van der Waals surface area contributed by atoms with Gasteiger partial charge in [-0.2, -0.15) is 4.98 Å². The quantitative estimate of drug-likeness (QED) is 0.162. The van der Waals surface area contributed by atoms with Crippen LogP contribution in [0.3, 0.4) is 0 Å². The molecule has 0 saturated carbocycles. The maximum absolute atomic E-state index is 8.19. The molecule has 1 rings (SSSR count). The van der Waals surface area contributed by atoms with Crippen LogP contribution in [0.2, 0.25) is 0 Å². The minimum Gasteiger partial charge on any atom is -0.409 e. The van der Waals surface area contributed by atoms with Gasteiger partial charge in [-0.05, 0) is 0 Å². The summed E-state index contributed by atoms with van der Waals surface area (Å²) in [5.74, 6) is 0.689. The van der Waals surface area contributed by atoms with Gasteiger partial charge in [0.05, 0.1) is 5.75 Å². The lowest BCUT2D eigenvalue weighted by Gasteiger charge is -1.92. The molecule has 0 aliphatic heterocycles. The first-order valence-corrected chi connectivity index (χ1v) is 3.98. The first-order valence-electron chi connectivity index (χ1n) is 2.99. The number of amidine groups is 1. The van der Waals surface area contributed by atoms with Crippen LogP contribution >= 0.6 is 11.8 Å². The molecule has 0 spiro atoms. The first-order chi connectivity index (χ1) is 5.72. The van der Waals surface area contributed by atoms with E-state index in [4.69, 9.17) is 16.7 Å². The molecule has 0 radical (unpaired) electrons. The number of nitrogen functional groups attached to an aromatic ring is 1. The van der Waals surface area contributed by atoms with Gasteiger partial charge in [0.15, 0.2) is 0 Å². The standard InChI is InChI=1S/C4H8N6OS/c5-2(10-11)1-12-4-7-3(6)8-9-4/h11H,1H2,(H2,5,10)(H3,6,7,8,9). The number of nitrogens with zero attached hydrogens (tertiary/aromatic N) is 3. The molecule has 7 nitrogen and oxygen atoms in total. The van der Waals surface area contributed by atoms with Crippen molar-refractivity contribution in [2.45, 2.75) is 5.16 Å². The molecule has 0 unspecified atom stereocenters. The maximum Gasteiger partial charge on any atom is 0.216 e. The zero-order valence-electron chi connectivity index (χ0n) is 6.06. The van der Waals surface area contributed by atoms with Gasteiger partial charge in [0.1, 0.15) is 5.84 Å². The van der Waals surface area contributed by atoms with Gasteiger partial charge in [0, 0.05) is 0 Å². The number of nitrogens with one attached hydrogen (secondary N) is 1. The summed E-state index contributed by atoms with van der Waals surface area (Å²) in [5.41, 5.74) is 10.5. The monoisotopic (exact) mass is 188 g/mol. The summed E-state index contributed by atoms with van der Waals surface area (Å²) >= 11 is 1.22. The Hall–Kier alpha value is -1.44. The fourth-order valence-electron chi connectivity index (χ4n) is 0.490. The number of thioether (sulfide) groups is 1. The molecule has 1 heterocycles. The van der Waals surface area contributed by atoms with Crippen LogP contribution in [0.5, 0.6) is 0 Å². The molecule has 0 bridgehead atoms. The number of oxime groups is 1. The van der Waals surface area contributed by atoms with E-state index in [0.717, 1.165) is 0 Å². The fourth-order valence-corrected chi connectivity index (χ4v) is 1.10. The molecule has 1 aromatic rings. The highest BCUT2D eigenvalue weighted by atomic mass is 32.2. The molecule has 0 aromatic carbocycles. The Bertz CT molecular complexity index is 283. The lowest BCUT2D eigenvalue weighted by molar-refractivity contribution is 0.318. The van der Waals surface area contributed by atoms with Crippen LogP contribution in [-0.4, -0.2) is 32.0 Å². The number of aromatic nitrogens is 3. The predicted molar refractivity (Wildman–Crippen MR) is 44.9 cm³/mol. The Labute approximate surface area is 72.2 Å². The highest BCUT2D eigenvalue weighted by molar-refractivity contribution is 7.99. The molecule has 66 valence electrons. The summed E-state index contributed by atoms with van der Waals surface area (Å²) in [6.07, 6.45) is 0. The van der Waals surface area contributed by atoms with E-state index in [1.54, 1.807) is 0 Å². The third-order valence-corrected chi connectivity index (χ3v) is 1.84. The van der Waals surface area contributed by atoms with E-state index in [1.807, 2.05) is 0 Å². The zero-order valence-corrected chi connectivity index (χ0v) is 6.88. The third-order valence-electron chi connectivity index (χ3n) is 0.960. The van der Waals surface area contributed by atoms with E-state index in [1.165, 1.54) is 11.8 Å². The van der Waals surface area contributed by atoms with Crippen molar-refractivity contribution in [2.75, 3.05) is 11.5 Å². The summed E-state index contributed by atoms with van der Waals surface area (Å²) in [5, 5.41) is 17.6. The van der Waals surface area contributed by atoms with Crippen molar-refractivity contribution >= 4 is 23.5 Å². The van der Waals surface area contributed by atoms with Crippen LogP contribution in [0.25, 0.3) is 0 Å². The van der Waals surface area contributed by atoms with Gasteiger partial charge < -0.3 is 16.7 Å². The molecule has 0 fully saturated rings. The number of H-pyrrole nitrogens is 1. The molecule has 0 atom stereocenters. The van der Waals surface area contributed by atoms with Gasteiger partial charge in [0.2, 0.25) is 11.1 Å². The van der Waals surface area contributed by atoms with Crippen LogP contribution < -0.4 is 11.5 Å². The Kier molecular flexibility index (Phi) is 2.75. The van der Waals surface area contributed by atoms with E-state index < -0.39 is 0 Å². The van der Waals surface area contributed by atoms with E-state index in [-0.39, 0.29) is 11.8 Å². The summed E-state index contributed by atoms with van der Waals surface area (Å²) in [4.78, 5) is 3.80. The first kappa shape index (κ1) is 8.65. The smallest absolute Gasteiger partial charge is 0.216 e. The molecular formula is C4H8N6OS. The van der Waals surface area contributed by atoms with Crippen LogP contribution in [-0.2, 0) is 0 Å². The maximum atomic E-state index is 8.19.